The van der Waals surface area contributed by atoms with Crippen molar-refractivity contribution < 1.29 is 24.2 Å². The van der Waals surface area contributed by atoms with E-state index in [4.69, 9.17) is 4.74 Å². The number of methoxy groups -OCH3 is 1. The first-order chi connectivity index (χ1) is 17.9. The van der Waals surface area contributed by atoms with Gasteiger partial charge in [-0.15, -0.1) is 11.8 Å². The molecule has 0 aliphatic carbocycles. The van der Waals surface area contributed by atoms with Crippen LogP contribution in [0.15, 0.2) is 108 Å². The van der Waals surface area contributed by atoms with Gasteiger partial charge in [0.2, 0.25) is 5.91 Å². The molecule has 1 unspecified atom stereocenters. The minimum absolute atomic E-state index is 0.0852. The Morgan fingerprint density at radius 3 is 2.11 bits per heavy atom. The number of thioether (sulfide) groups is 1. The third kappa shape index (κ3) is 6.77. The van der Waals surface area contributed by atoms with E-state index >= 15 is 0 Å². The second kappa shape index (κ2) is 11.9. The molecule has 0 aliphatic rings. The molecule has 3 N–H and O–H groups in total. The van der Waals surface area contributed by atoms with E-state index in [2.05, 4.69) is 10.6 Å². The molecule has 4 aromatic carbocycles. The Balaban J connectivity index is 1.53. The molecule has 7 nitrogen and oxygen atoms in total. The molecule has 1 atom stereocenters. The Labute approximate surface area is 218 Å². The van der Waals surface area contributed by atoms with Crippen LogP contribution in [0.2, 0.25) is 0 Å². The summed E-state index contributed by atoms with van der Waals surface area (Å²) >= 11 is 1.33. The predicted molar refractivity (Wildman–Crippen MR) is 144 cm³/mol. The molecule has 0 saturated heterocycles. The smallest absolute Gasteiger partial charge is 0.335 e. The Morgan fingerprint density at radius 2 is 1.43 bits per heavy atom. The number of carboxylic acid groups (broad SMARTS) is 1. The second-order valence-electron chi connectivity index (χ2n) is 7.99. The maximum Gasteiger partial charge on any atom is 0.335 e. The van der Waals surface area contributed by atoms with Crippen LogP contribution in [-0.2, 0) is 4.79 Å². The number of anilines is 2. The van der Waals surface area contributed by atoms with Gasteiger partial charge in [-0.05, 0) is 66.2 Å². The third-order valence-corrected chi connectivity index (χ3v) is 6.66. The number of carbonyl (C=O) groups excluding carboxylic acids is 2. The van der Waals surface area contributed by atoms with Crippen LogP contribution < -0.4 is 15.4 Å². The Kier molecular flexibility index (Phi) is 8.22. The number of ether oxygens (including phenoxy) is 1. The van der Waals surface area contributed by atoms with Crippen LogP contribution in [0.25, 0.3) is 0 Å². The van der Waals surface area contributed by atoms with E-state index in [-0.39, 0.29) is 17.4 Å². The van der Waals surface area contributed by atoms with Crippen molar-refractivity contribution in [2.45, 2.75) is 10.1 Å². The summed E-state index contributed by atoms with van der Waals surface area (Å²) in [5, 5.41) is 14.4. The van der Waals surface area contributed by atoms with Gasteiger partial charge in [-0.3, -0.25) is 9.59 Å². The van der Waals surface area contributed by atoms with Crippen LogP contribution in [0, 0.1) is 0 Å². The van der Waals surface area contributed by atoms with Gasteiger partial charge in [0, 0.05) is 21.8 Å². The van der Waals surface area contributed by atoms with Crippen molar-refractivity contribution in [3.63, 3.8) is 0 Å². The molecule has 0 spiro atoms. The lowest BCUT2D eigenvalue weighted by Gasteiger charge is -2.18. The van der Waals surface area contributed by atoms with Crippen molar-refractivity contribution in [2.24, 2.45) is 0 Å². The van der Waals surface area contributed by atoms with E-state index in [1.807, 2.05) is 42.5 Å². The van der Waals surface area contributed by atoms with E-state index in [0.717, 1.165) is 10.5 Å². The molecule has 0 saturated carbocycles. The van der Waals surface area contributed by atoms with Crippen molar-refractivity contribution >= 4 is 40.9 Å². The number of nitrogens with one attached hydrogen (secondary N) is 2. The van der Waals surface area contributed by atoms with Crippen LogP contribution >= 0.6 is 11.8 Å². The van der Waals surface area contributed by atoms with Gasteiger partial charge in [-0.1, -0.05) is 42.5 Å². The molecule has 2 amide bonds. The highest BCUT2D eigenvalue weighted by Gasteiger charge is 2.23. The molecule has 0 heterocycles. The fourth-order valence-electron chi connectivity index (χ4n) is 3.57. The molecule has 4 aromatic rings. The van der Waals surface area contributed by atoms with Crippen LogP contribution in [0.4, 0.5) is 11.4 Å². The zero-order valence-electron chi connectivity index (χ0n) is 19.9. The van der Waals surface area contributed by atoms with Crippen molar-refractivity contribution in [2.75, 3.05) is 17.7 Å². The molecule has 8 heteroatoms. The first-order valence-electron chi connectivity index (χ1n) is 11.3. The average molecular weight is 513 g/mol. The molecule has 37 heavy (non-hydrogen) atoms. The van der Waals surface area contributed by atoms with Crippen LogP contribution in [0.3, 0.4) is 0 Å². The summed E-state index contributed by atoms with van der Waals surface area (Å²) in [4.78, 5) is 38.1. The van der Waals surface area contributed by atoms with Crippen molar-refractivity contribution in [3.05, 3.63) is 120 Å². The van der Waals surface area contributed by atoms with Gasteiger partial charge in [0.15, 0.2) is 0 Å². The summed E-state index contributed by atoms with van der Waals surface area (Å²) < 4.78 is 5.14. The molecule has 0 bridgehead atoms. The van der Waals surface area contributed by atoms with E-state index in [1.54, 1.807) is 55.6 Å². The van der Waals surface area contributed by atoms with Gasteiger partial charge in [0.25, 0.3) is 5.91 Å². The van der Waals surface area contributed by atoms with Crippen LogP contribution in [-0.4, -0.2) is 30.0 Å². The number of hydrogen-bond donors (Lipinski definition) is 3. The number of rotatable bonds is 9. The maximum absolute atomic E-state index is 13.3. The lowest BCUT2D eigenvalue weighted by molar-refractivity contribution is -0.115. The lowest BCUT2D eigenvalue weighted by Crippen LogP contribution is -2.19. The summed E-state index contributed by atoms with van der Waals surface area (Å²) in [5.41, 5.74) is 2.34. The Hall–Kier alpha value is -4.56. The van der Waals surface area contributed by atoms with Gasteiger partial charge in [0.05, 0.1) is 12.7 Å². The molecule has 0 radical (unpaired) electrons. The molecule has 0 aliphatic heterocycles. The van der Waals surface area contributed by atoms with Crippen molar-refractivity contribution in [1.82, 2.24) is 0 Å². The molecule has 0 aromatic heterocycles. The quantitative estimate of drug-likeness (QED) is 0.234. The Bertz CT molecular complexity index is 1410. The maximum atomic E-state index is 13.3. The SMILES string of the molecule is COc1ccc(C(=O)Nc2cccc(SC(C(=O)Nc3cccc(C(=O)O)c3)c3ccccc3)c2)cc1. The number of hydrogen-bond acceptors (Lipinski definition) is 5. The van der Waals surface area contributed by atoms with Gasteiger partial charge < -0.3 is 20.5 Å². The van der Waals surface area contributed by atoms with Gasteiger partial charge in [-0.2, -0.15) is 0 Å². The fraction of sp³-hybridized carbons (Fsp3) is 0.0690. The van der Waals surface area contributed by atoms with Gasteiger partial charge in [0.1, 0.15) is 11.0 Å². The molecule has 4 rings (SSSR count). The minimum Gasteiger partial charge on any atom is -0.497 e. The first kappa shape index (κ1) is 25.5. The molecular formula is C29H24N2O5S. The van der Waals surface area contributed by atoms with Crippen molar-refractivity contribution in [1.29, 1.82) is 0 Å². The summed E-state index contributed by atoms with van der Waals surface area (Å²) in [6.07, 6.45) is 0. The summed E-state index contributed by atoms with van der Waals surface area (Å²) in [6.45, 7) is 0. The lowest BCUT2D eigenvalue weighted by atomic mass is 10.1. The molecular weight excluding hydrogens is 488 g/mol. The van der Waals surface area contributed by atoms with E-state index in [0.29, 0.717) is 22.7 Å². The summed E-state index contributed by atoms with van der Waals surface area (Å²) in [5.74, 6) is -0.972. The fourth-order valence-corrected chi connectivity index (χ4v) is 4.65. The number of carbonyl (C=O) groups is 3. The van der Waals surface area contributed by atoms with E-state index < -0.39 is 11.2 Å². The van der Waals surface area contributed by atoms with E-state index in [9.17, 15) is 19.5 Å². The predicted octanol–water partition coefficient (Wildman–Crippen LogP) is 6.12. The van der Waals surface area contributed by atoms with Crippen LogP contribution in [0.5, 0.6) is 5.75 Å². The monoisotopic (exact) mass is 512 g/mol. The van der Waals surface area contributed by atoms with Gasteiger partial charge >= 0.3 is 5.97 Å². The highest BCUT2D eigenvalue weighted by Crippen LogP contribution is 2.37. The minimum atomic E-state index is -1.07. The number of carboxylic acids is 1. The standard InChI is InChI=1S/C29H24N2O5S/c1-36-24-15-13-20(14-16-24)27(32)30-23-11-6-12-25(18-23)37-26(19-7-3-2-4-8-19)28(33)31-22-10-5-9-21(17-22)29(34)35/h2-18,26H,1H3,(H,30,32)(H,31,33)(H,34,35). The second-order valence-corrected chi connectivity index (χ2v) is 9.17. The first-order valence-corrected chi connectivity index (χ1v) is 12.2. The highest BCUT2D eigenvalue weighted by atomic mass is 32.2. The van der Waals surface area contributed by atoms with E-state index in [1.165, 1.54) is 23.9 Å². The summed E-state index contributed by atoms with van der Waals surface area (Å²) in [7, 11) is 1.56. The van der Waals surface area contributed by atoms with Gasteiger partial charge in [-0.25, -0.2) is 4.79 Å². The largest absolute Gasteiger partial charge is 0.497 e. The van der Waals surface area contributed by atoms with Crippen LogP contribution in [0.1, 0.15) is 31.5 Å². The Morgan fingerprint density at radius 1 is 0.757 bits per heavy atom. The molecule has 186 valence electrons. The number of benzene rings is 4. The number of aromatic carboxylic acids is 1. The topological polar surface area (TPSA) is 105 Å². The average Bonchev–Trinajstić information content (AvgIpc) is 2.92. The highest BCUT2D eigenvalue weighted by molar-refractivity contribution is 8.00. The third-order valence-electron chi connectivity index (χ3n) is 5.42. The zero-order chi connectivity index (χ0) is 26.2. The van der Waals surface area contributed by atoms with Crippen molar-refractivity contribution in [3.8, 4) is 5.75 Å². The molecule has 0 fully saturated rings. The number of amides is 2. The normalized spacial score (nSPS) is 11.3. The zero-order valence-corrected chi connectivity index (χ0v) is 20.7. The summed E-state index contributed by atoms with van der Waals surface area (Å²) in [6, 6.07) is 29.5.